The minimum atomic E-state index is -0.290. The Kier molecular flexibility index (Phi) is 5.40. The summed E-state index contributed by atoms with van der Waals surface area (Å²) in [5.41, 5.74) is 4.69. The van der Waals surface area contributed by atoms with Crippen molar-refractivity contribution >= 4 is 6.21 Å². The number of fused-ring (bicyclic) bond motifs is 1. The van der Waals surface area contributed by atoms with Gasteiger partial charge in [0, 0.05) is 23.3 Å². The fourth-order valence-corrected chi connectivity index (χ4v) is 5.57. The van der Waals surface area contributed by atoms with E-state index in [1.165, 1.54) is 47.9 Å². The molecule has 0 saturated heterocycles. The molecule has 1 saturated carbocycles. The number of hydrogen-bond donors (Lipinski definition) is 0. The van der Waals surface area contributed by atoms with Crippen molar-refractivity contribution in [3.63, 3.8) is 0 Å². The first kappa shape index (κ1) is 20.1. The molecule has 31 heavy (non-hydrogen) atoms. The van der Waals surface area contributed by atoms with Crippen LogP contribution in [0.25, 0.3) is 0 Å². The summed E-state index contributed by atoms with van der Waals surface area (Å²) in [7, 11) is 0. The number of para-hydroxylation sites is 1. The highest BCUT2D eigenvalue weighted by Gasteiger charge is 2.38. The van der Waals surface area contributed by atoms with Crippen LogP contribution in [0.1, 0.15) is 61.8 Å². The Morgan fingerprint density at radius 2 is 1.45 bits per heavy atom. The van der Waals surface area contributed by atoms with Gasteiger partial charge >= 0.3 is 0 Å². The Labute approximate surface area is 186 Å². The predicted molar refractivity (Wildman–Crippen MR) is 127 cm³/mol. The molecule has 2 heteroatoms. The van der Waals surface area contributed by atoms with Gasteiger partial charge in [-0.05, 0) is 37.0 Å². The first-order valence-electron chi connectivity index (χ1n) is 11.7. The molecular formula is C29H32NO+. The highest BCUT2D eigenvalue weighted by atomic mass is 16.5. The summed E-state index contributed by atoms with van der Waals surface area (Å²) in [6.45, 7) is 5.36. The number of ether oxygens (including phenoxy) is 1. The number of hydrogen-bond acceptors (Lipinski definition) is 1. The van der Waals surface area contributed by atoms with Crippen molar-refractivity contribution in [2.45, 2.75) is 51.0 Å². The third-order valence-electron chi connectivity index (χ3n) is 7.44. The zero-order chi connectivity index (χ0) is 21.3. The van der Waals surface area contributed by atoms with Crippen LogP contribution in [0, 0.1) is 5.92 Å². The van der Waals surface area contributed by atoms with Gasteiger partial charge in [-0.25, -0.2) is 0 Å². The summed E-state index contributed by atoms with van der Waals surface area (Å²) in [4.78, 5) is 0. The number of nitrogens with zero attached hydrogens (tertiary/aromatic N) is 1. The van der Waals surface area contributed by atoms with Crippen molar-refractivity contribution in [1.82, 2.24) is 0 Å². The van der Waals surface area contributed by atoms with E-state index in [1.54, 1.807) is 0 Å². The van der Waals surface area contributed by atoms with Crippen LogP contribution in [-0.2, 0) is 5.41 Å². The molecule has 1 fully saturated rings. The van der Waals surface area contributed by atoms with Crippen molar-refractivity contribution in [2.75, 3.05) is 6.73 Å². The Balaban J connectivity index is 1.63. The zero-order valence-electron chi connectivity index (χ0n) is 18.6. The summed E-state index contributed by atoms with van der Waals surface area (Å²) >= 11 is 0. The molecule has 0 spiro atoms. The molecule has 0 aromatic heterocycles. The van der Waals surface area contributed by atoms with Crippen LogP contribution in [-0.4, -0.2) is 23.6 Å². The molecule has 0 amide bonds. The molecule has 5 rings (SSSR count). The van der Waals surface area contributed by atoms with Gasteiger partial charge in [-0.15, -0.1) is 0 Å². The van der Waals surface area contributed by atoms with Crippen molar-refractivity contribution in [3.05, 3.63) is 101 Å². The lowest BCUT2D eigenvalue weighted by Crippen LogP contribution is -2.40. The molecule has 2 aliphatic rings. The van der Waals surface area contributed by atoms with Crippen LogP contribution < -0.4 is 4.74 Å². The third-order valence-corrected chi connectivity index (χ3v) is 7.44. The molecule has 1 aliphatic heterocycles. The monoisotopic (exact) mass is 410 g/mol. The average molecular weight is 411 g/mol. The molecular weight excluding hydrogens is 378 g/mol. The first-order chi connectivity index (χ1) is 15.2. The Bertz CT molecular complexity index is 1030. The van der Waals surface area contributed by atoms with E-state index in [0.29, 0.717) is 12.8 Å². The predicted octanol–water partition coefficient (Wildman–Crippen LogP) is 6.40. The maximum absolute atomic E-state index is 6.55. The SMILES string of the molecule is CC1CCCCC1[N+]1=Cc2cccc(C(C)(c3ccccc3)c3ccccc3)c2OC1. The third kappa shape index (κ3) is 3.59. The van der Waals surface area contributed by atoms with E-state index < -0.39 is 0 Å². The Morgan fingerprint density at radius 3 is 2.10 bits per heavy atom. The van der Waals surface area contributed by atoms with Gasteiger partial charge in [0.05, 0.1) is 5.56 Å². The van der Waals surface area contributed by atoms with Crippen LogP contribution in [0.5, 0.6) is 5.75 Å². The second kappa shape index (κ2) is 8.34. The van der Waals surface area contributed by atoms with E-state index >= 15 is 0 Å². The molecule has 0 N–H and O–H groups in total. The zero-order valence-corrected chi connectivity index (χ0v) is 18.6. The van der Waals surface area contributed by atoms with Gasteiger partial charge in [0.2, 0.25) is 0 Å². The van der Waals surface area contributed by atoms with Crippen molar-refractivity contribution in [2.24, 2.45) is 5.92 Å². The molecule has 2 nitrogen and oxygen atoms in total. The topological polar surface area (TPSA) is 12.2 Å². The van der Waals surface area contributed by atoms with E-state index in [9.17, 15) is 0 Å². The van der Waals surface area contributed by atoms with Gasteiger partial charge in [-0.3, -0.25) is 0 Å². The standard InChI is InChI=1S/C29H32NO/c1-22-12-9-10-19-27(22)30-20-23-13-11-18-26(28(23)31-21-30)29(2,24-14-5-3-6-15-24)25-16-7-4-8-17-25/h3-8,11,13-18,20,22,27H,9-10,12,19,21H2,1-2H3/q+1. The van der Waals surface area contributed by atoms with Gasteiger partial charge in [0.15, 0.2) is 12.3 Å². The van der Waals surface area contributed by atoms with Gasteiger partial charge in [-0.2, -0.15) is 4.58 Å². The summed E-state index contributed by atoms with van der Waals surface area (Å²) < 4.78 is 9.00. The minimum absolute atomic E-state index is 0.290. The molecule has 2 unspecified atom stereocenters. The molecule has 0 bridgehead atoms. The van der Waals surface area contributed by atoms with Gasteiger partial charge in [0.1, 0.15) is 5.75 Å². The Morgan fingerprint density at radius 1 is 0.806 bits per heavy atom. The van der Waals surface area contributed by atoms with E-state index in [-0.39, 0.29) is 5.41 Å². The fourth-order valence-electron chi connectivity index (χ4n) is 5.57. The van der Waals surface area contributed by atoms with Gasteiger partial charge in [0.25, 0.3) is 6.73 Å². The highest BCUT2D eigenvalue weighted by molar-refractivity contribution is 5.82. The van der Waals surface area contributed by atoms with E-state index in [2.05, 4.69) is 104 Å². The van der Waals surface area contributed by atoms with Crippen molar-refractivity contribution < 1.29 is 9.31 Å². The molecule has 1 heterocycles. The number of benzene rings is 3. The lowest BCUT2D eigenvalue weighted by atomic mass is 9.70. The van der Waals surface area contributed by atoms with Crippen molar-refractivity contribution in [1.29, 1.82) is 0 Å². The highest BCUT2D eigenvalue weighted by Crippen LogP contribution is 2.44. The largest absolute Gasteiger partial charge is 0.435 e. The quantitative estimate of drug-likeness (QED) is 0.358. The van der Waals surface area contributed by atoms with Crippen molar-refractivity contribution in [3.8, 4) is 5.75 Å². The van der Waals surface area contributed by atoms with E-state index in [4.69, 9.17) is 4.74 Å². The molecule has 3 aromatic carbocycles. The minimum Gasteiger partial charge on any atom is -0.435 e. The van der Waals surface area contributed by atoms with Gasteiger partial charge < -0.3 is 4.74 Å². The van der Waals surface area contributed by atoms with E-state index in [0.717, 1.165) is 11.7 Å². The summed E-state index contributed by atoms with van der Waals surface area (Å²) in [5.74, 6) is 1.75. The van der Waals surface area contributed by atoms with Gasteiger partial charge in [-0.1, -0.05) is 86.1 Å². The summed E-state index contributed by atoms with van der Waals surface area (Å²) in [6, 6.07) is 28.8. The second-order valence-corrected chi connectivity index (χ2v) is 9.33. The van der Waals surface area contributed by atoms with E-state index in [1.807, 2.05) is 0 Å². The smallest absolute Gasteiger partial charge is 0.287 e. The average Bonchev–Trinajstić information content (AvgIpc) is 2.84. The maximum Gasteiger partial charge on any atom is 0.287 e. The summed E-state index contributed by atoms with van der Waals surface area (Å²) in [5, 5.41) is 0. The normalized spacial score (nSPS) is 21.0. The molecule has 0 radical (unpaired) electrons. The molecule has 1 aliphatic carbocycles. The van der Waals surface area contributed by atoms with Crippen LogP contribution in [0.3, 0.4) is 0 Å². The van der Waals surface area contributed by atoms with Crippen LogP contribution in [0.4, 0.5) is 0 Å². The maximum atomic E-state index is 6.55. The lowest BCUT2D eigenvalue weighted by molar-refractivity contribution is -0.601. The van der Waals surface area contributed by atoms with Crippen LogP contribution in [0.15, 0.2) is 78.9 Å². The molecule has 3 aromatic rings. The second-order valence-electron chi connectivity index (χ2n) is 9.33. The molecule has 158 valence electrons. The molecule has 2 atom stereocenters. The van der Waals surface area contributed by atoms with Crippen LogP contribution >= 0.6 is 0 Å². The fraction of sp³-hybridized carbons (Fsp3) is 0.345. The summed E-state index contributed by atoms with van der Waals surface area (Å²) in [6.07, 6.45) is 7.63. The number of rotatable bonds is 4. The Hall–Kier alpha value is -2.87. The first-order valence-corrected chi connectivity index (χ1v) is 11.7. The lowest BCUT2D eigenvalue weighted by Gasteiger charge is -2.35. The van der Waals surface area contributed by atoms with Crippen LogP contribution in [0.2, 0.25) is 0 Å².